The van der Waals surface area contributed by atoms with Crippen molar-refractivity contribution in [2.45, 2.75) is 34.8 Å². The standard InChI is InChI=1S/C24H27N2O13PS2/c1-5-38-40(31,39-6-2)19(20(27)36-3)24(22(29)37-4)21(28)25(41(32,33)17-13-9-7-10-14-17)23(30)26(24)42(34,35)18-15-11-8-12-16-18/h7-16,19H,5-6H2,1-4H3/t19?,24-/m0/s1. The Kier molecular flexibility index (Phi) is 9.64. The number of hydrogen-bond donors (Lipinski definition) is 0. The van der Waals surface area contributed by atoms with E-state index in [1.807, 2.05) is 0 Å². The third-order valence-electron chi connectivity index (χ3n) is 5.99. The van der Waals surface area contributed by atoms with Crippen molar-refractivity contribution in [1.29, 1.82) is 0 Å². The van der Waals surface area contributed by atoms with Gasteiger partial charge in [-0.15, -0.1) is 4.31 Å². The number of rotatable bonds is 12. The van der Waals surface area contributed by atoms with Crippen molar-refractivity contribution < 1.29 is 59.1 Å². The van der Waals surface area contributed by atoms with Crippen LogP contribution < -0.4 is 0 Å². The zero-order valence-electron chi connectivity index (χ0n) is 22.7. The number of nitrogens with zero attached hydrogens (tertiary/aromatic N) is 2. The normalized spacial score (nSPS) is 18.6. The number of methoxy groups -OCH3 is 2. The van der Waals surface area contributed by atoms with Gasteiger partial charge in [-0.25, -0.2) is 26.4 Å². The lowest BCUT2D eigenvalue weighted by atomic mass is 9.94. The number of carbonyl (C=O) groups excluding carboxylic acids is 4. The first kappa shape index (κ1) is 32.9. The highest BCUT2D eigenvalue weighted by atomic mass is 32.2. The summed E-state index contributed by atoms with van der Waals surface area (Å²) in [7, 11) is -14.4. The minimum atomic E-state index is -5.42. The first-order valence-electron chi connectivity index (χ1n) is 12.1. The van der Waals surface area contributed by atoms with E-state index < -0.39 is 94.3 Å². The summed E-state index contributed by atoms with van der Waals surface area (Å²) in [6, 6.07) is 9.64. The second-order valence-corrected chi connectivity index (χ2v) is 14.0. The van der Waals surface area contributed by atoms with Gasteiger partial charge in [0.05, 0.1) is 37.2 Å². The molecule has 0 spiro atoms. The van der Waals surface area contributed by atoms with E-state index in [0.717, 1.165) is 31.4 Å². The Morgan fingerprint density at radius 1 is 0.810 bits per heavy atom. The number of urea groups is 1. The van der Waals surface area contributed by atoms with E-state index in [1.165, 1.54) is 50.2 Å². The number of benzene rings is 2. The quantitative estimate of drug-likeness (QED) is 0.140. The maximum absolute atomic E-state index is 14.3. The predicted molar refractivity (Wildman–Crippen MR) is 143 cm³/mol. The molecule has 0 saturated carbocycles. The topological polar surface area (TPSA) is 197 Å². The number of imide groups is 1. The molecule has 2 atom stereocenters. The lowest BCUT2D eigenvalue weighted by molar-refractivity contribution is -0.161. The molecule has 1 heterocycles. The maximum atomic E-state index is 14.3. The van der Waals surface area contributed by atoms with Crippen LogP contribution in [0.1, 0.15) is 13.8 Å². The fourth-order valence-electron chi connectivity index (χ4n) is 4.31. The van der Waals surface area contributed by atoms with Gasteiger partial charge in [-0.1, -0.05) is 36.4 Å². The fourth-order valence-corrected chi connectivity index (χ4v) is 9.68. The lowest BCUT2D eigenvalue weighted by Gasteiger charge is -2.38. The van der Waals surface area contributed by atoms with Gasteiger partial charge in [0.25, 0.3) is 31.5 Å². The summed E-state index contributed by atoms with van der Waals surface area (Å²) in [5.74, 6) is -5.75. The third-order valence-corrected chi connectivity index (χ3v) is 11.9. The van der Waals surface area contributed by atoms with Crippen molar-refractivity contribution >= 4 is 51.5 Å². The van der Waals surface area contributed by atoms with Crippen LogP contribution in [0.3, 0.4) is 0 Å². The molecule has 0 N–H and O–H groups in total. The number of carbonyl (C=O) groups is 4. The van der Waals surface area contributed by atoms with E-state index in [4.69, 9.17) is 18.5 Å². The zero-order valence-corrected chi connectivity index (χ0v) is 25.3. The second-order valence-electron chi connectivity index (χ2n) is 8.31. The molecule has 42 heavy (non-hydrogen) atoms. The summed E-state index contributed by atoms with van der Waals surface area (Å²) in [6.07, 6.45) is 0. The molecular formula is C24H27N2O13PS2. The van der Waals surface area contributed by atoms with E-state index in [-0.39, 0.29) is 0 Å². The van der Waals surface area contributed by atoms with Crippen LogP contribution in [-0.2, 0) is 57.5 Å². The summed E-state index contributed by atoms with van der Waals surface area (Å²) in [5.41, 5.74) is -6.71. The molecule has 1 aliphatic rings. The molecule has 18 heteroatoms. The molecule has 3 amide bonds. The number of sulfonamides is 2. The fraction of sp³-hybridized carbons (Fsp3) is 0.333. The number of ether oxygens (including phenoxy) is 2. The predicted octanol–water partition coefficient (Wildman–Crippen LogP) is 1.75. The Morgan fingerprint density at radius 2 is 1.26 bits per heavy atom. The van der Waals surface area contributed by atoms with E-state index in [1.54, 1.807) is 0 Å². The van der Waals surface area contributed by atoms with Crippen LogP contribution in [-0.4, -0.2) is 88.0 Å². The molecular weight excluding hydrogens is 619 g/mol. The molecule has 15 nitrogen and oxygen atoms in total. The van der Waals surface area contributed by atoms with Gasteiger partial charge in [0.2, 0.25) is 5.66 Å². The zero-order chi connectivity index (χ0) is 31.5. The van der Waals surface area contributed by atoms with E-state index >= 15 is 0 Å². The Bertz CT molecular complexity index is 1620. The van der Waals surface area contributed by atoms with Gasteiger partial charge in [-0.3, -0.25) is 14.2 Å². The molecule has 228 valence electrons. The molecule has 1 fully saturated rings. The summed E-state index contributed by atoms with van der Waals surface area (Å²) in [4.78, 5) is 54.1. The first-order chi connectivity index (χ1) is 19.7. The second kappa shape index (κ2) is 12.3. The molecule has 3 rings (SSSR count). The van der Waals surface area contributed by atoms with Gasteiger partial charge in [0.15, 0.2) is 0 Å². The van der Waals surface area contributed by atoms with Crippen LogP contribution in [0.4, 0.5) is 4.79 Å². The molecule has 0 bridgehead atoms. The van der Waals surface area contributed by atoms with Crippen LogP contribution in [0, 0.1) is 0 Å². The van der Waals surface area contributed by atoms with Crippen molar-refractivity contribution in [3.63, 3.8) is 0 Å². The highest BCUT2D eigenvalue weighted by Crippen LogP contribution is 2.60. The van der Waals surface area contributed by atoms with Crippen molar-refractivity contribution in [3.8, 4) is 0 Å². The van der Waals surface area contributed by atoms with E-state index in [2.05, 4.69) is 0 Å². The summed E-state index contributed by atoms with van der Waals surface area (Å²) >= 11 is 0. The van der Waals surface area contributed by atoms with Crippen LogP contribution in [0.5, 0.6) is 0 Å². The van der Waals surface area contributed by atoms with Gasteiger partial charge < -0.3 is 18.5 Å². The van der Waals surface area contributed by atoms with E-state index in [9.17, 15) is 40.6 Å². The molecule has 1 saturated heterocycles. The Balaban J connectivity index is 2.58. The highest BCUT2D eigenvalue weighted by molar-refractivity contribution is 7.91. The third kappa shape index (κ3) is 5.11. The average Bonchev–Trinajstić information content (AvgIpc) is 3.21. The minimum Gasteiger partial charge on any atom is -0.468 e. The molecule has 0 aromatic heterocycles. The molecule has 0 radical (unpaired) electrons. The average molecular weight is 647 g/mol. The number of hydrogen-bond acceptors (Lipinski definition) is 13. The molecule has 2 aromatic carbocycles. The molecule has 0 aliphatic carbocycles. The van der Waals surface area contributed by atoms with Gasteiger partial charge in [-0.2, -0.15) is 4.31 Å². The number of esters is 2. The Labute approximate surface area is 241 Å². The summed E-state index contributed by atoms with van der Waals surface area (Å²) in [6.45, 7) is 1.66. The lowest BCUT2D eigenvalue weighted by Crippen LogP contribution is -2.67. The van der Waals surface area contributed by atoms with Gasteiger partial charge >= 0.3 is 25.6 Å². The number of amides is 3. The smallest absolute Gasteiger partial charge is 0.356 e. The largest absolute Gasteiger partial charge is 0.468 e. The van der Waals surface area contributed by atoms with Crippen LogP contribution in [0.2, 0.25) is 0 Å². The molecule has 1 aliphatic heterocycles. The highest BCUT2D eigenvalue weighted by Gasteiger charge is 2.79. The van der Waals surface area contributed by atoms with Crippen molar-refractivity contribution in [3.05, 3.63) is 60.7 Å². The monoisotopic (exact) mass is 646 g/mol. The molecule has 2 aromatic rings. The van der Waals surface area contributed by atoms with Gasteiger partial charge in [0.1, 0.15) is 0 Å². The van der Waals surface area contributed by atoms with Crippen LogP contribution in [0.25, 0.3) is 0 Å². The van der Waals surface area contributed by atoms with E-state index in [0.29, 0.717) is 7.11 Å². The van der Waals surface area contributed by atoms with Crippen molar-refractivity contribution in [1.82, 2.24) is 8.61 Å². The van der Waals surface area contributed by atoms with Crippen molar-refractivity contribution in [2.75, 3.05) is 27.4 Å². The van der Waals surface area contributed by atoms with Crippen LogP contribution >= 0.6 is 7.60 Å². The van der Waals surface area contributed by atoms with Crippen LogP contribution in [0.15, 0.2) is 70.5 Å². The SMILES string of the molecule is CCOP(=O)(OCC)C(C(=O)OC)[C@@]1(C(=O)OC)C(=O)N(S(=O)(=O)c2ccccc2)C(=O)N1S(=O)(=O)c1ccccc1. The summed E-state index contributed by atoms with van der Waals surface area (Å²) in [5, 5.41) is 0. The molecule has 1 unspecified atom stereocenters. The van der Waals surface area contributed by atoms with Crippen molar-refractivity contribution in [2.24, 2.45) is 0 Å². The Morgan fingerprint density at radius 3 is 1.67 bits per heavy atom. The first-order valence-corrected chi connectivity index (χ1v) is 16.6. The van der Waals surface area contributed by atoms with Gasteiger partial charge in [0, 0.05) is 0 Å². The maximum Gasteiger partial charge on any atom is 0.356 e. The Hall–Kier alpha value is -3.63. The minimum absolute atomic E-state index is 0.434. The van der Waals surface area contributed by atoms with Gasteiger partial charge in [-0.05, 0) is 38.1 Å². The summed E-state index contributed by atoms with van der Waals surface area (Å²) < 4.78 is 88.7.